The van der Waals surface area contributed by atoms with Crippen LogP contribution in [0.2, 0.25) is 0 Å². The monoisotopic (exact) mass is 553 g/mol. The highest BCUT2D eigenvalue weighted by Gasteiger charge is 2.46. The van der Waals surface area contributed by atoms with Crippen molar-refractivity contribution in [2.24, 2.45) is 5.41 Å². The van der Waals surface area contributed by atoms with E-state index in [1.807, 2.05) is 4.90 Å². The van der Waals surface area contributed by atoms with E-state index < -0.39 is 17.2 Å². The van der Waals surface area contributed by atoms with Crippen LogP contribution in [0.1, 0.15) is 32.6 Å². The summed E-state index contributed by atoms with van der Waals surface area (Å²) in [7, 11) is -0.802. The molecule has 3 aliphatic heterocycles. The summed E-state index contributed by atoms with van der Waals surface area (Å²) in [6, 6.07) is 4.11. The molecule has 38 heavy (non-hydrogen) atoms. The average Bonchev–Trinajstić information content (AvgIpc) is 2.83. The number of likely N-dealkylation sites (tertiary alicyclic amines) is 1. The molecular weight excluding hydrogens is 523 g/mol. The van der Waals surface area contributed by atoms with Crippen LogP contribution in [0.15, 0.2) is 24.4 Å². The van der Waals surface area contributed by atoms with Gasteiger partial charge in [-0.3, -0.25) is 9.00 Å². The van der Waals surface area contributed by atoms with Gasteiger partial charge in [0.2, 0.25) is 11.9 Å². The number of halogens is 3. The van der Waals surface area contributed by atoms with Crippen molar-refractivity contribution < 1.29 is 26.9 Å². The Morgan fingerprint density at radius 3 is 2.50 bits per heavy atom. The molecule has 2 N–H and O–H groups in total. The fraction of sp³-hybridized carbons (Fsp3) is 0.583. The van der Waals surface area contributed by atoms with Gasteiger partial charge in [0.25, 0.3) is 0 Å². The molecule has 3 saturated heterocycles. The van der Waals surface area contributed by atoms with Crippen LogP contribution in [0, 0.1) is 5.41 Å². The molecule has 10 nitrogen and oxygen atoms in total. The summed E-state index contributed by atoms with van der Waals surface area (Å²) in [5.41, 5.74) is 0.135. The van der Waals surface area contributed by atoms with E-state index in [1.165, 1.54) is 6.20 Å². The lowest BCUT2D eigenvalue weighted by Crippen LogP contribution is -2.61. The maximum Gasteiger partial charge on any atom is 0.573 e. The number of ether oxygens (including phenoxy) is 1. The normalized spacial score (nSPS) is 23.1. The summed E-state index contributed by atoms with van der Waals surface area (Å²) in [5, 5.41) is 6.32. The number of nitrogens with zero attached hydrogens (tertiary/aromatic N) is 5. The van der Waals surface area contributed by atoms with Crippen molar-refractivity contribution in [3.63, 3.8) is 0 Å². The van der Waals surface area contributed by atoms with Gasteiger partial charge in [-0.1, -0.05) is 0 Å². The van der Waals surface area contributed by atoms with E-state index in [2.05, 4.69) is 30.2 Å². The van der Waals surface area contributed by atoms with Crippen molar-refractivity contribution >= 4 is 40.1 Å². The molecular formula is C24H30F3N7O3S. The standard InChI is InChI=1S/C24H30F3N7O3S/c1-16(35)33-8-5-23(6-9-33)14-34(15-23)21-13-20(30-19-12-18(2-7-28-19)37-24(25,26)27)31-22(32-21)29-17-3-10-38(36)11-4-17/h2,7,12-13,17H,3-6,8-11,14-15H2,1H3,(H2,28,29,30,31,32). The first-order chi connectivity index (χ1) is 18.1. The summed E-state index contributed by atoms with van der Waals surface area (Å²) in [6.07, 6.45) is -0.254. The highest BCUT2D eigenvalue weighted by Crippen LogP contribution is 2.42. The maximum atomic E-state index is 12.7. The van der Waals surface area contributed by atoms with Crippen molar-refractivity contribution in [2.45, 2.75) is 45.0 Å². The van der Waals surface area contributed by atoms with Gasteiger partial charge in [-0.15, -0.1) is 13.2 Å². The molecule has 2 aromatic heterocycles. The number of hydrogen-bond donors (Lipinski definition) is 2. The fourth-order valence-corrected chi connectivity index (χ4v) is 6.49. The van der Waals surface area contributed by atoms with Gasteiger partial charge in [0, 0.05) is 85.2 Å². The summed E-state index contributed by atoms with van der Waals surface area (Å²) in [4.78, 5) is 29.1. The van der Waals surface area contributed by atoms with Gasteiger partial charge >= 0.3 is 6.36 Å². The third-order valence-electron chi connectivity index (χ3n) is 7.30. The Kier molecular flexibility index (Phi) is 7.34. The quantitative estimate of drug-likeness (QED) is 0.557. The highest BCUT2D eigenvalue weighted by atomic mass is 32.2. The molecule has 206 valence electrons. The minimum absolute atomic E-state index is 0.0797. The molecule has 5 rings (SSSR count). The number of amides is 1. The van der Waals surface area contributed by atoms with Gasteiger partial charge in [-0.2, -0.15) is 9.97 Å². The van der Waals surface area contributed by atoms with Crippen LogP contribution in [-0.2, 0) is 15.6 Å². The zero-order chi connectivity index (χ0) is 26.9. The second-order valence-corrected chi connectivity index (χ2v) is 11.8. The van der Waals surface area contributed by atoms with E-state index in [9.17, 15) is 22.2 Å². The third-order valence-corrected chi connectivity index (χ3v) is 8.68. The number of piperidine rings is 1. The number of alkyl halides is 3. The zero-order valence-corrected chi connectivity index (χ0v) is 21.8. The Morgan fingerprint density at radius 2 is 1.84 bits per heavy atom. The van der Waals surface area contributed by atoms with Gasteiger partial charge in [-0.25, -0.2) is 4.98 Å². The lowest BCUT2D eigenvalue weighted by Gasteiger charge is -2.54. The van der Waals surface area contributed by atoms with Crippen LogP contribution in [-0.4, -0.2) is 80.1 Å². The number of pyridine rings is 1. The largest absolute Gasteiger partial charge is 0.573 e. The van der Waals surface area contributed by atoms with Gasteiger partial charge in [-0.05, 0) is 31.7 Å². The minimum Gasteiger partial charge on any atom is -0.406 e. The van der Waals surface area contributed by atoms with Crippen molar-refractivity contribution in [1.29, 1.82) is 0 Å². The van der Waals surface area contributed by atoms with Crippen LogP contribution < -0.4 is 20.3 Å². The molecule has 3 fully saturated rings. The Bertz CT molecular complexity index is 1190. The predicted octanol–water partition coefficient (Wildman–Crippen LogP) is 3.29. The van der Waals surface area contributed by atoms with E-state index in [-0.39, 0.29) is 28.9 Å². The second-order valence-electron chi connectivity index (χ2n) is 10.1. The highest BCUT2D eigenvalue weighted by molar-refractivity contribution is 7.85. The molecule has 0 atom stereocenters. The summed E-state index contributed by atoms with van der Waals surface area (Å²) in [5.74, 6) is 2.54. The fourth-order valence-electron chi connectivity index (χ4n) is 5.19. The van der Waals surface area contributed by atoms with Crippen molar-refractivity contribution in [2.75, 3.05) is 53.2 Å². The third kappa shape index (κ3) is 6.45. The molecule has 0 aliphatic carbocycles. The Labute approximate surface area is 220 Å². The molecule has 0 unspecified atom stereocenters. The molecule has 5 heterocycles. The van der Waals surface area contributed by atoms with E-state index in [0.717, 1.165) is 64.0 Å². The molecule has 2 aromatic rings. The van der Waals surface area contributed by atoms with Crippen LogP contribution in [0.25, 0.3) is 0 Å². The average molecular weight is 554 g/mol. The predicted molar refractivity (Wildman–Crippen MR) is 137 cm³/mol. The second kappa shape index (κ2) is 10.5. The van der Waals surface area contributed by atoms with E-state index in [1.54, 1.807) is 13.0 Å². The lowest BCUT2D eigenvalue weighted by atomic mass is 9.72. The molecule has 3 aliphatic rings. The SMILES string of the molecule is CC(=O)N1CCC2(CC1)CN(c1cc(Nc3cc(OC(F)(F)F)ccn3)nc(NC3CCS(=O)CC3)n1)C2. The van der Waals surface area contributed by atoms with Gasteiger partial charge < -0.3 is 25.2 Å². The molecule has 0 aromatic carbocycles. The topological polar surface area (TPSA) is 113 Å². The minimum atomic E-state index is -4.81. The van der Waals surface area contributed by atoms with Crippen LogP contribution in [0.4, 0.5) is 36.6 Å². The lowest BCUT2D eigenvalue weighted by molar-refractivity contribution is -0.274. The number of carbonyl (C=O) groups excluding carboxylic acids is 1. The van der Waals surface area contributed by atoms with Crippen LogP contribution in [0.5, 0.6) is 5.75 Å². The molecule has 0 radical (unpaired) electrons. The summed E-state index contributed by atoms with van der Waals surface area (Å²) >= 11 is 0. The van der Waals surface area contributed by atoms with E-state index in [4.69, 9.17) is 4.98 Å². The number of anilines is 4. The van der Waals surface area contributed by atoms with Crippen LogP contribution >= 0.6 is 0 Å². The number of carbonyl (C=O) groups is 1. The number of aromatic nitrogens is 3. The van der Waals surface area contributed by atoms with Gasteiger partial charge in [0.05, 0.1) is 0 Å². The molecule has 1 amide bonds. The molecule has 0 saturated carbocycles. The first-order valence-electron chi connectivity index (χ1n) is 12.6. The Morgan fingerprint density at radius 1 is 1.13 bits per heavy atom. The van der Waals surface area contributed by atoms with E-state index >= 15 is 0 Å². The summed E-state index contributed by atoms with van der Waals surface area (Å²) < 4.78 is 53.7. The molecule has 0 bridgehead atoms. The number of rotatable bonds is 6. The Hall–Kier alpha value is -3.16. The first kappa shape index (κ1) is 26.4. The van der Waals surface area contributed by atoms with Gasteiger partial charge in [0.1, 0.15) is 23.2 Å². The van der Waals surface area contributed by atoms with Crippen molar-refractivity contribution in [1.82, 2.24) is 19.9 Å². The zero-order valence-electron chi connectivity index (χ0n) is 21.0. The smallest absolute Gasteiger partial charge is 0.406 e. The first-order valence-corrected chi connectivity index (χ1v) is 14.0. The maximum absolute atomic E-state index is 12.7. The molecule has 1 spiro atoms. The molecule has 14 heteroatoms. The van der Waals surface area contributed by atoms with Crippen LogP contribution in [0.3, 0.4) is 0 Å². The Balaban J connectivity index is 1.33. The number of nitrogens with one attached hydrogen (secondary N) is 2. The van der Waals surface area contributed by atoms with Crippen molar-refractivity contribution in [3.8, 4) is 5.75 Å². The van der Waals surface area contributed by atoms with Gasteiger partial charge in [0.15, 0.2) is 0 Å². The summed E-state index contributed by atoms with van der Waals surface area (Å²) in [6.45, 7) is 4.68. The van der Waals surface area contributed by atoms with E-state index in [0.29, 0.717) is 29.1 Å². The van der Waals surface area contributed by atoms with Crippen molar-refractivity contribution in [3.05, 3.63) is 24.4 Å². The number of hydrogen-bond acceptors (Lipinski definition) is 9.